The minimum Gasteiger partial charge on any atom is -0.494 e. The highest BCUT2D eigenvalue weighted by molar-refractivity contribution is 5.26. The fourth-order valence-electron chi connectivity index (χ4n) is 1.03. The number of ether oxygens (including phenoxy) is 1. The molecule has 1 aromatic rings. The summed E-state index contributed by atoms with van der Waals surface area (Å²) < 4.78 is 5.28. The zero-order chi connectivity index (χ0) is 8.97. The quantitative estimate of drug-likeness (QED) is 0.737. The van der Waals surface area contributed by atoms with Crippen LogP contribution in [0, 0.1) is 6.92 Å². The first kappa shape index (κ1) is 9.00. The molecule has 1 aromatic heterocycles. The third-order valence-corrected chi connectivity index (χ3v) is 1.45. The van der Waals surface area contributed by atoms with Crippen molar-refractivity contribution in [2.75, 3.05) is 6.61 Å². The molecule has 0 amide bonds. The second-order valence-electron chi connectivity index (χ2n) is 2.53. The van der Waals surface area contributed by atoms with Crippen LogP contribution in [0.5, 0.6) is 5.75 Å². The zero-order valence-electron chi connectivity index (χ0n) is 7.37. The molecule has 1 heterocycles. The van der Waals surface area contributed by atoms with Crippen LogP contribution in [0.2, 0.25) is 0 Å². The van der Waals surface area contributed by atoms with Crippen LogP contribution >= 0.6 is 0 Å². The van der Waals surface area contributed by atoms with Gasteiger partial charge in [-0.25, -0.2) is 0 Å². The van der Waals surface area contributed by atoms with E-state index >= 15 is 0 Å². The summed E-state index contributed by atoms with van der Waals surface area (Å²) in [6.07, 6.45) is 0. The van der Waals surface area contributed by atoms with Gasteiger partial charge in [0.1, 0.15) is 5.75 Å². The molecular formula is C9H13NO2. The monoisotopic (exact) mass is 167 g/mol. The number of rotatable bonds is 3. The van der Waals surface area contributed by atoms with Crippen LogP contribution in [0.3, 0.4) is 0 Å². The Labute approximate surface area is 72.0 Å². The number of aliphatic hydroxyl groups is 1. The van der Waals surface area contributed by atoms with Crippen molar-refractivity contribution >= 4 is 0 Å². The van der Waals surface area contributed by atoms with E-state index in [0.29, 0.717) is 12.3 Å². The van der Waals surface area contributed by atoms with Gasteiger partial charge >= 0.3 is 0 Å². The van der Waals surface area contributed by atoms with Crippen LogP contribution in [0.15, 0.2) is 12.1 Å². The molecule has 0 unspecified atom stereocenters. The Hall–Kier alpha value is -1.09. The van der Waals surface area contributed by atoms with Crippen molar-refractivity contribution in [1.29, 1.82) is 0 Å². The number of hydrogen-bond acceptors (Lipinski definition) is 3. The second-order valence-corrected chi connectivity index (χ2v) is 2.53. The molecule has 3 nitrogen and oxygen atoms in total. The molecule has 1 N–H and O–H groups in total. The smallest absolute Gasteiger partial charge is 0.122 e. The maximum Gasteiger partial charge on any atom is 0.122 e. The lowest BCUT2D eigenvalue weighted by atomic mass is 10.3. The van der Waals surface area contributed by atoms with Crippen molar-refractivity contribution in [3.05, 3.63) is 23.5 Å². The number of nitrogens with zero attached hydrogens (tertiary/aromatic N) is 1. The van der Waals surface area contributed by atoms with Gasteiger partial charge in [0.2, 0.25) is 0 Å². The van der Waals surface area contributed by atoms with Crippen LogP contribution in [-0.4, -0.2) is 16.7 Å². The first-order valence-electron chi connectivity index (χ1n) is 3.97. The standard InChI is InChI=1S/C9H13NO2/c1-3-12-9-4-7(2)10-8(5-9)6-11/h4-5,11H,3,6H2,1-2H3. The number of aromatic nitrogens is 1. The van der Waals surface area contributed by atoms with Gasteiger partial charge in [0.05, 0.1) is 18.9 Å². The van der Waals surface area contributed by atoms with Crippen molar-refractivity contribution in [3.63, 3.8) is 0 Å². The van der Waals surface area contributed by atoms with Gasteiger partial charge in [0.25, 0.3) is 0 Å². The highest BCUT2D eigenvalue weighted by Crippen LogP contribution is 2.13. The summed E-state index contributed by atoms with van der Waals surface area (Å²) in [7, 11) is 0. The lowest BCUT2D eigenvalue weighted by molar-refractivity contribution is 0.274. The van der Waals surface area contributed by atoms with Gasteiger partial charge in [0.15, 0.2) is 0 Å². The molecular weight excluding hydrogens is 154 g/mol. The molecule has 0 spiro atoms. The van der Waals surface area contributed by atoms with Crippen LogP contribution in [-0.2, 0) is 6.61 Å². The SMILES string of the molecule is CCOc1cc(C)nc(CO)c1. The minimum absolute atomic E-state index is 0.0399. The fourth-order valence-corrected chi connectivity index (χ4v) is 1.03. The van der Waals surface area contributed by atoms with E-state index in [4.69, 9.17) is 9.84 Å². The maximum atomic E-state index is 8.84. The van der Waals surface area contributed by atoms with E-state index in [9.17, 15) is 0 Å². The Morgan fingerprint density at radius 2 is 2.25 bits per heavy atom. The zero-order valence-corrected chi connectivity index (χ0v) is 7.37. The predicted octanol–water partition coefficient (Wildman–Crippen LogP) is 1.28. The number of pyridine rings is 1. The van der Waals surface area contributed by atoms with Crippen LogP contribution < -0.4 is 4.74 Å². The Bertz CT molecular complexity index is 261. The molecule has 0 aromatic carbocycles. The molecule has 0 atom stereocenters. The molecule has 0 aliphatic heterocycles. The molecule has 66 valence electrons. The van der Waals surface area contributed by atoms with Gasteiger partial charge in [-0.1, -0.05) is 0 Å². The molecule has 0 saturated carbocycles. The number of aliphatic hydroxyl groups excluding tert-OH is 1. The van der Waals surface area contributed by atoms with Gasteiger partial charge in [0, 0.05) is 17.8 Å². The molecule has 0 bridgehead atoms. The van der Waals surface area contributed by atoms with Crippen molar-refractivity contribution in [3.8, 4) is 5.75 Å². The first-order valence-corrected chi connectivity index (χ1v) is 3.97. The Morgan fingerprint density at radius 1 is 1.50 bits per heavy atom. The van der Waals surface area contributed by atoms with E-state index in [1.54, 1.807) is 6.07 Å². The lowest BCUT2D eigenvalue weighted by Crippen LogP contribution is -1.96. The number of aryl methyl sites for hydroxylation is 1. The van der Waals surface area contributed by atoms with E-state index in [0.717, 1.165) is 11.4 Å². The summed E-state index contributed by atoms with van der Waals surface area (Å²) in [5.74, 6) is 0.772. The van der Waals surface area contributed by atoms with Gasteiger partial charge in [-0.15, -0.1) is 0 Å². The predicted molar refractivity (Wildman–Crippen MR) is 46.1 cm³/mol. The highest BCUT2D eigenvalue weighted by atomic mass is 16.5. The third kappa shape index (κ3) is 2.20. The van der Waals surface area contributed by atoms with Gasteiger partial charge in [-0.05, 0) is 13.8 Å². The Balaban J connectivity index is 2.90. The normalized spacial score (nSPS) is 9.92. The number of hydrogen-bond donors (Lipinski definition) is 1. The molecule has 0 fully saturated rings. The highest BCUT2D eigenvalue weighted by Gasteiger charge is 1.98. The van der Waals surface area contributed by atoms with Crippen LogP contribution in [0.4, 0.5) is 0 Å². The lowest BCUT2D eigenvalue weighted by Gasteiger charge is -2.05. The summed E-state index contributed by atoms with van der Waals surface area (Å²) in [6, 6.07) is 3.60. The van der Waals surface area contributed by atoms with Gasteiger partial charge in [-0.2, -0.15) is 0 Å². The van der Waals surface area contributed by atoms with Crippen molar-refractivity contribution in [2.24, 2.45) is 0 Å². The van der Waals surface area contributed by atoms with Crippen molar-refractivity contribution in [2.45, 2.75) is 20.5 Å². The molecule has 12 heavy (non-hydrogen) atoms. The van der Waals surface area contributed by atoms with Gasteiger partial charge in [-0.3, -0.25) is 4.98 Å². The van der Waals surface area contributed by atoms with Crippen molar-refractivity contribution < 1.29 is 9.84 Å². The third-order valence-electron chi connectivity index (χ3n) is 1.45. The summed E-state index contributed by atoms with van der Waals surface area (Å²) in [6.45, 7) is 4.39. The maximum absolute atomic E-state index is 8.84. The molecule has 0 saturated heterocycles. The van der Waals surface area contributed by atoms with Gasteiger partial charge < -0.3 is 9.84 Å². The van der Waals surface area contributed by atoms with E-state index in [2.05, 4.69) is 4.98 Å². The topological polar surface area (TPSA) is 42.4 Å². The van der Waals surface area contributed by atoms with Crippen LogP contribution in [0.1, 0.15) is 18.3 Å². The summed E-state index contributed by atoms with van der Waals surface area (Å²) >= 11 is 0. The Morgan fingerprint density at radius 3 is 2.83 bits per heavy atom. The molecule has 0 aliphatic rings. The van der Waals surface area contributed by atoms with E-state index in [-0.39, 0.29) is 6.61 Å². The van der Waals surface area contributed by atoms with E-state index in [1.165, 1.54) is 0 Å². The average molecular weight is 167 g/mol. The minimum atomic E-state index is -0.0399. The van der Waals surface area contributed by atoms with E-state index < -0.39 is 0 Å². The average Bonchev–Trinajstić information content (AvgIpc) is 2.04. The van der Waals surface area contributed by atoms with Crippen molar-refractivity contribution in [1.82, 2.24) is 4.98 Å². The van der Waals surface area contributed by atoms with Crippen LogP contribution in [0.25, 0.3) is 0 Å². The molecule has 1 rings (SSSR count). The summed E-state index contributed by atoms with van der Waals surface area (Å²) in [5.41, 5.74) is 1.52. The Kier molecular flexibility index (Phi) is 3.05. The molecule has 0 aliphatic carbocycles. The molecule has 3 heteroatoms. The second kappa shape index (κ2) is 4.07. The fraction of sp³-hybridized carbons (Fsp3) is 0.444. The molecule has 0 radical (unpaired) electrons. The summed E-state index contributed by atoms with van der Waals surface area (Å²) in [5, 5.41) is 8.84. The summed E-state index contributed by atoms with van der Waals surface area (Å²) in [4.78, 5) is 4.10. The first-order chi connectivity index (χ1) is 5.76. The van der Waals surface area contributed by atoms with E-state index in [1.807, 2.05) is 19.9 Å². The largest absolute Gasteiger partial charge is 0.494 e.